The van der Waals surface area contributed by atoms with Crippen molar-refractivity contribution >= 4 is 23.6 Å². The standard InChI is InChI=1S/C12H21NO4S/c1-6(7(5-14)18-4)13-10(15)8-9(11(16)17)12(8,2)3/h6-9,14H,5H2,1-4H3,(H,13,15)(H,16,17). The molecule has 0 aromatic rings. The molecule has 0 aromatic carbocycles. The van der Waals surface area contributed by atoms with Crippen LogP contribution in [0, 0.1) is 17.3 Å². The van der Waals surface area contributed by atoms with Crippen molar-refractivity contribution in [2.45, 2.75) is 32.1 Å². The van der Waals surface area contributed by atoms with E-state index < -0.39 is 23.2 Å². The van der Waals surface area contributed by atoms with Gasteiger partial charge in [0.15, 0.2) is 0 Å². The van der Waals surface area contributed by atoms with Gasteiger partial charge < -0.3 is 15.5 Å². The third-order valence-corrected chi connectivity index (χ3v) is 4.95. The second-order valence-electron chi connectivity index (χ2n) is 5.37. The van der Waals surface area contributed by atoms with Crippen LogP contribution < -0.4 is 5.32 Å². The molecule has 6 heteroatoms. The first kappa shape index (κ1) is 15.3. The summed E-state index contributed by atoms with van der Waals surface area (Å²) in [6.07, 6.45) is 1.87. The Kier molecular flexibility index (Phi) is 4.66. The molecule has 0 heterocycles. The van der Waals surface area contributed by atoms with Crippen LogP contribution in [0.25, 0.3) is 0 Å². The average molecular weight is 275 g/mol. The number of amides is 1. The molecule has 5 nitrogen and oxygen atoms in total. The maximum absolute atomic E-state index is 12.0. The number of aliphatic carboxylic acids is 1. The van der Waals surface area contributed by atoms with Gasteiger partial charge in [0.2, 0.25) is 5.91 Å². The second kappa shape index (κ2) is 5.48. The monoisotopic (exact) mass is 275 g/mol. The molecule has 104 valence electrons. The van der Waals surface area contributed by atoms with Crippen LogP contribution in [0.5, 0.6) is 0 Å². The van der Waals surface area contributed by atoms with Crippen LogP contribution in [0.3, 0.4) is 0 Å². The maximum atomic E-state index is 12.0. The number of rotatable bonds is 6. The SMILES string of the molecule is CSC(CO)C(C)NC(=O)C1C(C(=O)O)C1(C)C. The number of nitrogens with one attached hydrogen (secondary N) is 1. The molecular weight excluding hydrogens is 254 g/mol. The number of carbonyl (C=O) groups excluding carboxylic acids is 1. The maximum Gasteiger partial charge on any atom is 0.307 e. The molecule has 1 rings (SSSR count). The predicted octanol–water partition coefficient (Wildman–Crippen LogP) is 0.572. The number of aliphatic hydroxyl groups excluding tert-OH is 1. The molecule has 1 aliphatic carbocycles. The molecular formula is C12H21NO4S. The van der Waals surface area contributed by atoms with Crippen molar-refractivity contribution in [2.75, 3.05) is 12.9 Å². The minimum Gasteiger partial charge on any atom is -0.481 e. The van der Waals surface area contributed by atoms with Crippen LogP contribution in [0.2, 0.25) is 0 Å². The first-order chi connectivity index (χ1) is 8.27. The molecule has 4 atom stereocenters. The molecule has 0 aromatic heterocycles. The quantitative estimate of drug-likeness (QED) is 0.660. The van der Waals surface area contributed by atoms with Crippen LogP contribution in [0.4, 0.5) is 0 Å². The Balaban J connectivity index is 2.60. The lowest BCUT2D eigenvalue weighted by atomic mass is 10.1. The molecule has 0 saturated heterocycles. The van der Waals surface area contributed by atoms with Gasteiger partial charge in [0.05, 0.1) is 18.4 Å². The van der Waals surface area contributed by atoms with E-state index in [-0.39, 0.29) is 23.8 Å². The van der Waals surface area contributed by atoms with Crippen LogP contribution in [0.15, 0.2) is 0 Å². The van der Waals surface area contributed by atoms with Gasteiger partial charge in [-0.3, -0.25) is 9.59 Å². The zero-order chi connectivity index (χ0) is 14.1. The van der Waals surface area contributed by atoms with Crippen molar-refractivity contribution in [3.8, 4) is 0 Å². The van der Waals surface area contributed by atoms with Gasteiger partial charge in [0.25, 0.3) is 0 Å². The highest BCUT2D eigenvalue weighted by molar-refractivity contribution is 7.99. The molecule has 1 fully saturated rings. The summed E-state index contributed by atoms with van der Waals surface area (Å²) in [5.74, 6) is -2.23. The van der Waals surface area contributed by atoms with Crippen LogP contribution in [0.1, 0.15) is 20.8 Å². The van der Waals surface area contributed by atoms with E-state index in [1.165, 1.54) is 11.8 Å². The van der Waals surface area contributed by atoms with Gasteiger partial charge in [0, 0.05) is 11.3 Å². The van der Waals surface area contributed by atoms with Gasteiger partial charge in [0.1, 0.15) is 0 Å². The second-order valence-corrected chi connectivity index (χ2v) is 6.45. The first-order valence-electron chi connectivity index (χ1n) is 5.94. The number of carbonyl (C=O) groups is 2. The average Bonchev–Trinajstić information content (AvgIpc) is 2.83. The Morgan fingerprint density at radius 3 is 2.28 bits per heavy atom. The molecule has 4 unspecified atom stereocenters. The minimum absolute atomic E-state index is 0.0148. The Morgan fingerprint density at radius 2 is 1.94 bits per heavy atom. The van der Waals surface area contributed by atoms with E-state index in [2.05, 4.69) is 5.32 Å². The van der Waals surface area contributed by atoms with Crippen molar-refractivity contribution in [1.82, 2.24) is 5.32 Å². The largest absolute Gasteiger partial charge is 0.481 e. The van der Waals surface area contributed by atoms with E-state index in [0.717, 1.165) is 0 Å². The van der Waals surface area contributed by atoms with Crippen molar-refractivity contribution < 1.29 is 19.8 Å². The summed E-state index contributed by atoms with van der Waals surface area (Å²) in [5, 5.41) is 20.9. The summed E-state index contributed by atoms with van der Waals surface area (Å²) in [6.45, 7) is 5.39. The Morgan fingerprint density at radius 1 is 1.39 bits per heavy atom. The third-order valence-electron chi connectivity index (χ3n) is 3.79. The number of carboxylic acid groups (broad SMARTS) is 1. The van der Waals surface area contributed by atoms with Gasteiger partial charge in [-0.2, -0.15) is 11.8 Å². The summed E-state index contributed by atoms with van der Waals surface area (Å²) < 4.78 is 0. The summed E-state index contributed by atoms with van der Waals surface area (Å²) in [5.41, 5.74) is -0.482. The summed E-state index contributed by atoms with van der Waals surface area (Å²) in [6, 6.07) is -0.177. The van der Waals surface area contributed by atoms with E-state index >= 15 is 0 Å². The predicted molar refractivity (Wildman–Crippen MR) is 70.4 cm³/mol. The highest BCUT2D eigenvalue weighted by atomic mass is 32.2. The van der Waals surface area contributed by atoms with Gasteiger partial charge in [-0.1, -0.05) is 13.8 Å². The molecule has 3 N–H and O–H groups in total. The van der Waals surface area contributed by atoms with E-state index in [1.807, 2.05) is 13.2 Å². The molecule has 1 aliphatic rings. The molecule has 0 spiro atoms. The Hall–Kier alpha value is -0.750. The van der Waals surface area contributed by atoms with E-state index in [0.29, 0.717) is 0 Å². The molecule has 0 aliphatic heterocycles. The lowest BCUT2D eigenvalue weighted by molar-refractivity contribution is -0.140. The van der Waals surface area contributed by atoms with Crippen LogP contribution in [-0.2, 0) is 9.59 Å². The fraction of sp³-hybridized carbons (Fsp3) is 0.833. The zero-order valence-electron chi connectivity index (χ0n) is 11.1. The van der Waals surface area contributed by atoms with E-state index in [9.17, 15) is 9.59 Å². The molecule has 18 heavy (non-hydrogen) atoms. The van der Waals surface area contributed by atoms with Crippen molar-refractivity contribution in [3.05, 3.63) is 0 Å². The van der Waals surface area contributed by atoms with E-state index in [1.54, 1.807) is 13.8 Å². The number of carboxylic acids is 1. The van der Waals surface area contributed by atoms with Crippen LogP contribution >= 0.6 is 11.8 Å². The third kappa shape index (κ3) is 2.80. The Bertz CT molecular complexity index is 341. The minimum atomic E-state index is -0.920. The first-order valence-corrected chi connectivity index (χ1v) is 7.23. The zero-order valence-corrected chi connectivity index (χ0v) is 12.0. The van der Waals surface area contributed by atoms with Gasteiger partial charge in [-0.15, -0.1) is 0 Å². The molecule has 1 saturated carbocycles. The smallest absolute Gasteiger partial charge is 0.307 e. The summed E-state index contributed by atoms with van der Waals surface area (Å²) in [7, 11) is 0. The fourth-order valence-electron chi connectivity index (χ4n) is 2.43. The summed E-state index contributed by atoms with van der Waals surface area (Å²) >= 11 is 1.48. The van der Waals surface area contributed by atoms with Crippen molar-refractivity contribution in [1.29, 1.82) is 0 Å². The lowest BCUT2D eigenvalue weighted by Gasteiger charge is -2.21. The Labute approximate surface area is 111 Å². The molecule has 0 bridgehead atoms. The van der Waals surface area contributed by atoms with Crippen LogP contribution in [-0.4, -0.2) is 46.2 Å². The molecule has 1 amide bonds. The number of aliphatic hydroxyl groups is 1. The summed E-state index contributed by atoms with van der Waals surface area (Å²) in [4.78, 5) is 23.0. The van der Waals surface area contributed by atoms with Crippen molar-refractivity contribution in [3.63, 3.8) is 0 Å². The van der Waals surface area contributed by atoms with Crippen molar-refractivity contribution in [2.24, 2.45) is 17.3 Å². The number of hydrogen-bond donors (Lipinski definition) is 3. The highest BCUT2D eigenvalue weighted by Gasteiger charge is 2.65. The van der Waals surface area contributed by atoms with Gasteiger partial charge in [-0.25, -0.2) is 0 Å². The van der Waals surface area contributed by atoms with E-state index in [4.69, 9.17) is 10.2 Å². The highest BCUT2D eigenvalue weighted by Crippen LogP contribution is 2.58. The number of hydrogen-bond acceptors (Lipinski definition) is 4. The van der Waals surface area contributed by atoms with Gasteiger partial charge in [-0.05, 0) is 18.6 Å². The topological polar surface area (TPSA) is 86.6 Å². The molecule has 0 radical (unpaired) electrons. The normalized spacial score (nSPS) is 28.3. The van der Waals surface area contributed by atoms with Gasteiger partial charge >= 0.3 is 5.97 Å². The lowest BCUT2D eigenvalue weighted by Crippen LogP contribution is -2.42. The fourth-order valence-corrected chi connectivity index (χ4v) is 3.06. The number of thioether (sulfide) groups is 1.